The lowest BCUT2D eigenvalue weighted by Crippen LogP contribution is -2.35. The molecule has 28 heavy (non-hydrogen) atoms. The van der Waals surface area contributed by atoms with Crippen LogP contribution in [0.25, 0.3) is 5.69 Å². The molecule has 2 N–H and O–H groups in total. The van der Waals surface area contributed by atoms with Crippen LogP contribution >= 0.6 is 23.3 Å². The Kier molecular flexibility index (Phi) is 4.36. The first-order valence-corrected chi connectivity index (χ1v) is 11.0. The van der Waals surface area contributed by atoms with Crippen LogP contribution in [0.3, 0.4) is 0 Å². The van der Waals surface area contributed by atoms with Gasteiger partial charge in [-0.25, -0.2) is 15.0 Å². The summed E-state index contributed by atoms with van der Waals surface area (Å²) in [4.78, 5) is 26.0. The topological polar surface area (TPSA) is 84.7 Å². The minimum absolute atomic E-state index is 0.166. The Hall–Kier alpha value is -2.39. The number of rotatable bonds is 7. The summed E-state index contributed by atoms with van der Waals surface area (Å²) in [5.74, 6) is -0.166. The molecule has 2 aliphatic carbocycles. The van der Waals surface area contributed by atoms with Gasteiger partial charge in [-0.15, -0.1) is 11.3 Å². The van der Waals surface area contributed by atoms with E-state index in [1.807, 2.05) is 29.1 Å². The molecule has 144 valence electrons. The number of pyridine rings is 1. The SMILES string of the molecule is Cc1cn(-c2ccc(C(=O)NC3(c4csc(NSC5CC5)n4)CC3)nc2)cn1. The van der Waals surface area contributed by atoms with E-state index in [0.29, 0.717) is 5.69 Å². The third-order valence-electron chi connectivity index (χ3n) is 4.92. The fraction of sp³-hybridized carbons (Fsp3) is 0.368. The highest BCUT2D eigenvalue weighted by Gasteiger charge is 2.48. The molecule has 2 aliphatic rings. The van der Waals surface area contributed by atoms with E-state index in [4.69, 9.17) is 0 Å². The summed E-state index contributed by atoms with van der Waals surface area (Å²) in [6.07, 6.45) is 9.72. The Bertz CT molecular complexity index is 1000. The first-order valence-electron chi connectivity index (χ1n) is 9.28. The Morgan fingerprint density at radius 3 is 2.82 bits per heavy atom. The standard InChI is InChI=1S/C19H20N6OS2/c1-12-9-25(11-21-12)13-2-5-15(20-8-13)17(26)23-19(6-7-19)16-10-27-18(22-16)24-28-14-3-4-14/h2,5,8-11,14H,3-4,6-7H2,1H3,(H,22,24)(H,23,26). The first kappa shape index (κ1) is 17.7. The van der Waals surface area contributed by atoms with Crippen LogP contribution in [0.4, 0.5) is 5.13 Å². The Morgan fingerprint density at radius 2 is 2.18 bits per heavy atom. The Morgan fingerprint density at radius 1 is 1.32 bits per heavy atom. The number of amides is 1. The Balaban J connectivity index is 1.25. The van der Waals surface area contributed by atoms with E-state index in [2.05, 4.69) is 25.0 Å². The van der Waals surface area contributed by atoms with Crippen molar-refractivity contribution >= 4 is 34.3 Å². The fourth-order valence-corrected chi connectivity index (χ4v) is 4.62. The van der Waals surface area contributed by atoms with Gasteiger partial charge in [-0.3, -0.25) is 4.79 Å². The summed E-state index contributed by atoms with van der Waals surface area (Å²) >= 11 is 3.34. The summed E-state index contributed by atoms with van der Waals surface area (Å²) in [5, 5.41) is 6.82. The van der Waals surface area contributed by atoms with Gasteiger partial charge in [0.15, 0.2) is 5.13 Å². The highest BCUT2D eigenvalue weighted by molar-refractivity contribution is 8.01. The predicted octanol–water partition coefficient (Wildman–Crippen LogP) is 3.67. The van der Waals surface area contributed by atoms with E-state index in [-0.39, 0.29) is 11.4 Å². The molecule has 0 aromatic carbocycles. The van der Waals surface area contributed by atoms with E-state index in [9.17, 15) is 4.79 Å². The quantitative estimate of drug-likeness (QED) is 0.576. The number of hydrogen-bond acceptors (Lipinski definition) is 7. The van der Waals surface area contributed by atoms with E-state index < -0.39 is 0 Å². The number of carbonyl (C=O) groups is 1. The van der Waals surface area contributed by atoms with Crippen LogP contribution in [0.5, 0.6) is 0 Å². The molecule has 2 saturated carbocycles. The van der Waals surface area contributed by atoms with Crippen molar-refractivity contribution in [3.63, 3.8) is 0 Å². The van der Waals surface area contributed by atoms with Gasteiger partial charge in [0, 0.05) is 16.8 Å². The summed E-state index contributed by atoms with van der Waals surface area (Å²) in [6.45, 7) is 1.94. The predicted molar refractivity (Wildman–Crippen MR) is 111 cm³/mol. The van der Waals surface area contributed by atoms with Crippen LogP contribution in [-0.4, -0.2) is 30.7 Å². The third kappa shape index (κ3) is 3.64. The molecule has 0 aliphatic heterocycles. The van der Waals surface area contributed by atoms with Crippen LogP contribution < -0.4 is 10.0 Å². The first-order chi connectivity index (χ1) is 13.6. The normalized spacial score (nSPS) is 17.3. The number of aryl methyl sites for hydroxylation is 1. The van der Waals surface area contributed by atoms with E-state index in [1.165, 1.54) is 12.8 Å². The molecule has 2 fully saturated rings. The van der Waals surface area contributed by atoms with Gasteiger partial charge in [-0.2, -0.15) is 0 Å². The average molecular weight is 413 g/mol. The second kappa shape index (κ2) is 6.89. The zero-order valence-electron chi connectivity index (χ0n) is 15.4. The number of anilines is 1. The molecule has 7 nitrogen and oxygen atoms in total. The van der Waals surface area contributed by atoms with Crippen LogP contribution in [0, 0.1) is 6.92 Å². The molecule has 5 rings (SSSR count). The number of nitrogens with one attached hydrogen (secondary N) is 2. The highest BCUT2D eigenvalue weighted by atomic mass is 32.2. The van der Waals surface area contributed by atoms with Gasteiger partial charge in [0.1, 0.15) is 5.69 Å². The molecule has 9 heteroatoms. The van der Waals surface area contributed by atoms with Gasteiger partial charge in [0.25, 0.3) is 5.91 Å². The molecule has 3 heterocycles. The molecule has 0 unspecified atom stereocenters. The van der Waals surface area contributed by atoms with Crippen molar-refractivity contribution in [3.8, 4) is 5.69 Å². The molecular formula is C19H20N6OS2. The van der Waals surface area contributed by atoms with Crippen molar-refractivity contribution in [1.82, 2.24) is 24.8 Å². The van der Waals surface area contributed by atoms with Crippen LogP contribution in [0.1, 0.15) is 47.6 Å². The zero-order valence-corrected chi connectivity index (χ0v) is 17.0. The molecule has 0 bridgehead atoms. The number of hydrogen-bond donors (Lipinski definition) is 2. The molecule has 0 saturated heterocycles. The zero-order chi connectivity index (χ0) is 19.1. The van der Waals surface area contributed by atoms with Crippen molar-refractivity contribution in [2.24, 2.45) is 0 Å². The molecule has 0 spiro atoms. The minimum atomic E-state index is -0.348. The maximum atomic E-state index is 12.7. The van der Waals surface area contributed by atoms with Gasteiger partial charge in [-0.05, 0) is 56.7 Å². The Labute approximate surface area is 171 Å². The largest absolute Gasteiger partial charge is 0.340 e. The smallest absolute Gasteiger partial charge is 0.270 e. The molecular weight excluding hydrogens is 392 g/mol. The van der Waals surface area contributed by atoms with E-state index in [1.54, 1.807) is 41.9 Å². The second-order valence-electron chi connectivity index (χ2n) is 7.32. The van der Waals surface area contributed by atoms with E-state index in [0.717, 1.165) is 40.3 Å². The van der Waals surface area contributed by atoms with E-state index >= 15 is 0 Å². The third-order valence-corrected chi connectivity index (χ3v) is 6.93. The summed E-state index contributed by atoms with van der Waals surface area (Å²) < 4.78 is 5.21. The maximum Gasteiger partial charge on any atom is 0.270 e. The van der Waals surface area contributed by atoms with Gasteiger partial charge < -0.3 is 14.6 Å². The van der Waals surface area contributed by atoms with Gasteiger partial charge in [-0.1, -0.05) is 0 Å². The highest BCUT2D eigenvalue weighted by Crippen LogP contribution is 2.46. The van der Waals surface area contributed by atoms with Gasteiger partial charge in [0.05, 0.1) is 35.1 Å². The molecule has 3 aromatic rings. The van der Waals surface area contributed by atoms with Gasteiger partial charge in [0.2, 0.25) is 0 Å². The van der Waals surface area contributed by atoms with Crippen LogP contribution in [0.15, 0.2) is 36.2 Å². The van der Waals surface area contributed by atoms with Gasteiger partial charge >= 0.3 is 0 Å². The molecule has 0 atom stereocenters. The monoisotopic (exact) mass is 412 g/mol. The lowest BCUT2D eigenvalue weighted by atomic mass is 10.2. The number of carbonyl (C=O) groups excluding carboxylic acids is 1. The summed E-state index contributed by atoms with van der Waals surface area (Å²) in [7, 11) is 0. The number of nitrogens with zero attached hydrogens (tertiary/aromatic N) is 4. The van der Waals surface area contributed by atoms with Crippen molar-refractivity contribution in [2.45, 2.75) is 43.4 Å². The van der Waals surface area contributed by atoms with Crippen molar-refractivity contribution in [3.05, 3.63) is 53.3 Å². The minimum Gasteiger partial charge on any atom is -0.340 e. The van der Waals surface area contributed by atoms with Crippen molar-refractivity contribution < 1.29 is 4.79 Å². The van der Waals surface area contributed by atoms with Crippen molar-refractivity contribution in [2.75, 3.05) is 4.72 Å². The summed E-state index contributed by atoms with van der Waals surface area (Å²) in [5.41, 5.74) is 2.81. The maximum absolute atomic E-state index is 12.7. The molecule has 3 aromatic heterocycles. The number of aromatic nitrogens is 4. The molecule has 1 amide bonds. The second-order valence-corrected chi connectivity index (χ2v) is 9.28. The van der Waals surface area contributed by atoms with Crippen LogP contribution in [-0.2, 0) is 5.54 Å². The fourth-order valence-electron chi connectivity index (χ4n) is 2.95. The molecule has 0 radical (unpaired) electrons. The lowest BCUT2D eigenvalue weighted by Gasteiger charge is -2.15. The number of thiazole rings is 1. The van der Waals surface area contributed by atoms with Crippen LogP contribution in [0.2, 0.25) is 0 Å². The average Bonchev–Trinajstić information content (AvgIpc) is 3.60. The summed E-state index contributed by atoms with van der Waals surface area (Å²) in [6, 6.07) is 3.62. The van der Waals surface area contributed by atoms with Crippen molar-refractivity contribution in [1.29, 1.82) is 0 Å². The number of imidazole rings is 1. The lowest BCUT2D eigenvalue weighted by molar-refractivity contribution is 0.0925.